The van der Waals surface area contributed by atoms with E-state index in [4.69, 9.17) is 23.7 Å². The molecule has 5 rings (SSSR count). The quantitative estimate of drug-likeness (QED) is 0.117. The van der Waals surface area contributed by atoms with E-state index in [9.17, 15) is 29.1 Å². The van der Waals surface area contributed by atoms with Crippen molar-refractivity contribution in [1.29, 1.82) is 0 Å². The number of likely N-dealkylation sites (tertiary alicyclic amines) is 1. The smallest absolute Gasteiger partial charge is 0.497 e. The zero-order chi connectivity index (χ0) is 37.5. The van der Waals surface area contributed by atoms with Crippen molar-refractivity contribution in [3.63, 3.8) is 0 Å². The fourth-order valence-electron chi connectivity index (χ4n) is 6.53. The molecule has 0 aromatic heterocycles. The number of β-lactam (4-membered cyclic amide) rings is 1. The number of urea groups is 1. The van der Waals surface area contributed by atoms with E-state index in [2.05, 4.69) is 15.6 Å². The summed E-state index contributed by atoms with van der Waals surface area (Å²) in [5.41, 5.74) is 3.44. The maximum atomic E-state index is 13.6. The average molecular weight is 743 g/mol. The van der Waals surface area contributed by atoms with Gasteiger partial charge < -0.3 is 43.9 Å². The number of hydrogen-bond donors (Lipinski definition) is 3. The topological polar surface area (TPSA) is 192 Å². The van der Waals surface area contributed by atoms with Crippen LogP contribution in [0.25, 0.3) is 0 Å². The maximum Gasteiger partial charge on any atom is 0.516 e. The first-order chi connectivity index (χ1) is 24.9. The number of thioether (sulfide) groups is 1. The minimum Gasteiger partial charge on any atom is -0.497 e. The molecule has 0 bridgehead atoms. The molecule has 2 saturated heterocycles. The number of carbonyl (C=O) groups excluding carboxylic acids is 5. The van der Waals surface area contributed by atoms with Crippen molar-refractivity contribution in [2.75, 3.05) is 34.4 Å². The van der Waals surface area contributed by atoms with Gasteiger partial charge in [0.2, 0.25) is 5.91 Å². The molecule has 3 N–H and O–H groups in total. The lowest BCUT2D eigenvalue weighted by atomic mass is 9.79. The van der Waals surface area contributed by atoms with Gasteiger partial charge in [0.05, 0.1) is 45.4 Å². The monoisotopic (exact) mass is 742 g/mol. The van der Waals surface area contributed by atoms with Gasteiger partial charge >= 0.3 is 24.2 Å². The molecule has 0 spiro atoms. The SMILES string of the molecule is CONC(=O)NC[C@@H]1C[C@H](SC2=C(C(=O)OC(=O)OCc3ccc(OC)cc3)N3C(=O)[C@H]([C@@H](C)O)[C@H]3[C@H]2C)CN1C(=O)OCc1ccc(OC)cc1. The number of rotatable bonds is 13. The van der Waals surface area contributed by atoms with Crippen molar-refractivity contribution in [3.8, 4) is 11.5 Å². The molecule has 2 aromatic rings. The van der Waals surface area contributed by atoms with Gasteiger partial charge in [0, 0.05) is 29.2 Å². The first kappa shape index (κ1) is 38.2. The summed E-state index contributed by atoms with van der Waals surface area (Å²) >= 11 is 1.27. The number of hydrogen-bond acceptors (Lipinski definition) is 13. The maximum absolute atomic E-state index is 13.6. The van der Waals surface area contributed by atoms with Gasteiger partial charge in [0.25, 0.3) is 0 Å². The van der Waals surface area contributed by atoms with Gasteiger partial charge in [0.15, 0.2) is 0 Å². The average Bonchev–Trinajstić information content (AvgIpc) is 3.65. The molecule has 2 fully saturated rings. The lowest BCUT2D eigenvalue weighted by Crippen LogP contribution is -2.63. The van der Waals surface area contributed by atoms with Crippen molar-refractivity contribution >= 4 is 41.9 Å². The minimum atomic E-state index is -1.25. The molecule has 0 radical (unpaired) electrons. The second-order valence-corrected chi connectivity index (χ2v) is 13.8. The number of ether oxygens (including phenoxy) is 5. The second-order valence-electron chi connectivity index (χ2n) is 12.4. The van der Waals surface area contributed by atoms with Crippen LogP contribution in [0.3, 0.4) is 0 Å². The highest BCUT2D eigenvalue weighted by molar-refractivity contribution is 8.03. The Kier molecular flexibility index (Phi) is 12.5. The lowest BCUT2D eigenvalue weighted by Gasteiger charge is -2.46. The standard InChI is InChI=1S/C35H42N4O12S/c1-19-28-27(20(2)40)31(41)39(28)29(32(42)51-35(45)50-18-22-8-12-25(47-4)13-9-22)30(19)52-26-14-23(15-36-33(43)37-48-5)38(16-26)34(44)49-17-21-6-10-24(46-3)11-7-21/h6-13,19-20,23,26-28,40H,14-18H2,1-5H3,(H2,36,37,43)/t19-,20-,23+,26+,27-,28-/m1/s1. The van der Waals surface area contributed by atoms with Gasteiger partial charge in [-0.1, -0.05) is 31.2 Å². The Morgan fingerprint density at radius 1 is 0.942 bits per heavy atom. The molecule has 3 heterocycles. The summed E-state index contributed by atoms with van der Waals surface area (Å²) in [6.07, 6.45) is -2.47. The molecule has 52 heavy (non-hydrogen) atoms. The molecule has 4 amide bonds. The van der Waals surface area contributed by atoms with Gasteiger partial charge in [-0.15, -0.1) is 11.8 Å². The van der Waals surface area contributed by atoms with Crippen LogP contribution in [0.1, 0.15) is 31.4 Å². The Morgan fingerprint density at radius 3 is 2.10 bits per heavy atom. The van der Waals surface area contributed by atoms with Crippen molar-refractivity contribution in [3.05, 3.63) is 70.3 Å². The number of aliphatic hydroxyl groups excluding tert-OH is 1. The van der Waals surface area contributed by atoms with Crippen LogP contribution in [0, 0.1) is 11.8 Å². The lowest BCUT2D eigenvalue weighted by molar-refractivity contribution is -0.163. The van der Waals surface area contributed by atoms with Crippen molar-refractivity contribution in [2.45, 2.75) is 56.9 Å². The summed E-state index contributed by atoms with van der Waals surface area (Å²) < 4.78 is 26.2. The normalized spacial score (nSPS) is 22.6. The third-order valence-electron chi connectivity index (χ3n) is 9.11. The fraction of sp³-hybridized carbons (Fsp3) is 0.457. The van der Waals surface area contributed by atoms with Gasteiger partial charge in [-0.3, -0.25) is 9.63 Å². The van der Waals surface area contributed by atoms with E-state index >= 15 is 0 Å². The number of amides is 4. The number of benzene rings is 2. The first-order valence-electron chi connectivity index (χ1n) is 16.5. The third kappa shape index (κ3) is 8.54. The molecular weight excluding hydrogens is 700 g/mol. The summed E-state index contributed by atoms with van der Waals surface area (Å²) in [6, 6.07) is 12.2. The molecule has 2 aromatic carbocycles. The van der Waals surface area contributed by atoms with Crippen molar-refractivity contribution < 1.29 is 57.6 Å². The third-order valence-corrected chi connectivity index (χ3v) is 10.6. The number of fused-ring (bicyclic) bond motifs is 1. The summed E-state index contributed by atoms with van der Waals surface area (Å²) in [5.74, 6) is -1.44. The van der Waals surface area contributed by atoms with Crippen LogP contribution >= 0.6 is 11.8 Å². The molecule has 0 aliphatic carbocycles. The van der Waals surface area contributed by atoms with Crippen molar-refractivity contribution in [2.24, 2.45) is 11.8 Å². The highest BCUT2D eigenvalue weighted by atomic mass is 32.2. The Bertz CT molecular complexity index is 1670. The zero-order valence-electron chi connectivity index (χ0n) is 29.4. The molecule has 280 valence electrons. The van der Waals surface area contributed by atoms with Crippen LogP contribution in [-0.4, -0.2) is 103 Å². The van der Waals surface area contributed by atoms with Gasteiger partial charge in [-0.2, -0.15) is 0 Å². The molecule has 16 nitrogen and oxygen atoms in total. The Balaban J connectivity index is 1.32. The number of esters is 1. The van der Waals surface area contributed by atoms with E-state index in [1.165, 1.54) is 42.7 Å². The summed E-state index contributed by atoms with van der Waals surface area (Å²) in [5, 5.41) is 12.8. The van der Waals surface area contributed by atoms with E-state index in [0.29, 0.717) is 28.4 Å². The number of nitrogens with one attached hydrogen (secondary N) is 2. The number of nitrogens with zero attached hydrogens (tertiary/aromatic N) is 2. The highest BCUT2D eigenvalue weighted by Gasteiger charge is 2.61. The molecule has 0 saturated carbocycles. The van der Waals surface area contributed by atoms with Crippen LogP contribution in [0.5, 0.6) is 11.5 Å². The number of methoxy groups -OCH3 is 2. The first-order valence-corrected chi connectivity index (χ1v) is 17.4. The van der Waals surface area contributed by atoms with E-state index in [1.54, 1.807) is 55.6 Å². The van der Waals surface area contributed by atoms with Crippen LogP contribution < -0.4 is 20.3 Å². The predicted molar refractivity (Wildman–Crippen MR) is 184 cm³/mol. The van der Waals surface area contributed by atoms with Crippen LogP contribution in [0.15, 0.2) is 59.1 Å². The van der Waals surface area contributed by atoms with Crippen LogP contribution in [0.2, 0.25) is 0 Å². The Labute approximate surface area is 304 Å². The minimum absolute atomic E-state index is 0.00628. The van der Waals surface area contributed by atoms with Crippen LogP contribution in [0.4, 0.5) is 14.4 Å². The van der Waals surface area contributed by atoms with E-state index in [-0.39, 0.29) is 37.3 Å². The Hall–Kier alpha value is -5.00. The number of aliphatic hydroxyl groups is 1. The molecule has 3 aliphatic heterocycles. The summed E-state index contributed by atoms with van der Waals surface area (Å²) in [6.45, 7) is 3.39. The van der Waals surface area contributed by atoms with E-state index < -0.39 is 60.2 Å². The number of carbonyl (C=O) groups is 5. The predicted octanol–water partition coefficient (Wildman–Crippen LogP) is 3.33. The highest BCUT2D eigenvalue weighted by Crippen LogP contribution is 2.52. The molecule has 3 aliphatic rings. The molecule has 17 heteroatoms. The molecule has 6 atom stereocenters. The second kappa shape index (κ2) is 17.0. The largest absolute Gasteiger partial charge is 0.516 e. The summed E-state index contributed by atoms with van der Waals surface area (Å²) in [4.78, 5) is 73.0. The van der Waals surface area contributed by atoms with E-state index in [1.807, 2.05) is 6.92 Å². The van der Waals surface area contributed by atoms with Crippen molar-refractivity contribution in [1.82, 2.24) is 20.6 Å². The fourth-order valence-corrected chi connectivity index (χ4v) is 8.09. The van der Waals surface area contributed by atoms with Gasteiger partial charge in [-0.05, 0) is 48.7 Å². The van der Waals surface area contributed by atoms with Gasteiger partial charge in [-0.25, -0.2) is 24.7 Å². The molecular formula is C35H42N4O12S. The van der Waals surface area contributed by atoms with Gasteiger partial charge in [0.1, 0.15) is 30.4 Å². The summed E-state index contributed by atoms with van der Waals surface area (Å²) in [7, 11) is 4.37. The molecule has 0 unspecified atom stereocenters. The number of hydroxylamine groups is 1. The van der Waals surface area contributed by atoms with E-state index in [0.717, 1.165) is 5.56 Å². The zero-order valence-corrected chi connectivity index (χ0v) is 30.2. The Morgan fingerprint density at radius 2 is 1.54 bits per heavy atom. The van der Waals surface area contributed by atoms with Crippen LogP contribution in [-0.2, 0) is 41.9 Å².